The number of carbonyl (C=O) groups is 6. The second-order valence-electron chi connectivity index (χ2n) is 23.3. The normalized spacial score (nSPS) is 27.1. The van der Waals surface area contributed by atoms with Crippen LogP contribution in [0.2, 0.25) is 0 Å². The van der Waals surface area contributed by atoms with Crippen molar-refractivity contribution in [1.29, 1.82) is 10.5 Å². The van der Waals surface area contributed by atoms with Crippen molar-refractivity contribution >= 4 is 58.1 Å². The first-order valence-electron chi connectivity index (χ1n) is 28.8. The molecule has 2 fully saturated rings. The fourth-order valence-electron chi connectivity index (χ4n) is 15.0. The van der Waals surface area contributed by atoms with Crippen molar-refractivity contribution in [2.45, 2.75) is 134 Å². The van der Waals surface area contributed by atoms with E-state index in [4.69, 9.17) is 18.9 Å². The molecule has 3 aromatic rings. The minimum atomic E-state index is -0.822. The molecule has 23 heteroatoms. The van der Waals surface area contributed by atoms with Gasteiger partial charge in [-0.1, -0.05) is 30.3 Å². The summed E-state index contributed by atoms with van der Waals surface area (Å²) >= 11 is 1.23. The highest BCUT2D eigenvalue weighted by Gasteiger charge is 2.60. The number of likely N-dealkylation sites (N-methyl/N-ethyl adjacent to an activating group) is 2. The highest BCUT2D eigenvalue weighted by Crippen LogP contribution is 2.56. The van der Waals surface area contributed by atoms with E-state index < -0.39 is 59.9 Å². The maximum atomic E-state index is 14.1. The fourth-order valence-corrected chi connectivity index (χ4v) is 15.6. The Morgan fingerprint density at radius 1 is 0.678 bits per heavy atom. The Hall–Kier alpha value is -8.32. The van der Waals surface area contributed by atoms with Crippen molar-refractivity contribution in [3.05, 3.63) is 121 Å². The summed E-state index contributed by atoms with van der Waals surface area (Å²) in [6.07, 6.45) is 1.36. The largest absolute Gasteiger partial charge is 0.504 e. The average Bonchev–Trinajstić information content (AvgIpc) is 0.763. The van der Waals surface area contributed by atoms with E-state index in [0.717, 1.165) is 27.9 Å². The van der Waals surface area contributed by atoms with Gasteiger partial charge in [0.1, 0.15) is 18.1 Å². The molecule has 8 aliphatic rings. The van der Waals surface area contributed by atoms with E-state index >= 15 is 0 Å². The first-order valence-corrected chi connectivity index (χ1v) is 29.7. The number of carbonyl (C=O) groups excluding carboxylic acids is 6. The highest BCUT2D eigenvalue weighted by molar-refractivity contribution is 8.13. The van der Waals surface area contributed by atoms with Crippen molar-refractivity contribution in [2.75, 3.05) is 60.3 Å². The number of hydrogen-bond donors (Lipinski definition) is 5. The van der Waals surface area contributed by atoms with Crippen molar-refractivity contribution in [3.63, 3.8) is 0 Å². The van der Waals surface area contributed by atoms with Gasteiger partial charge < -0.3 is 44.5 Å². The van der Waals surface area contributed by atoms with Gasteiger partial charge in [0.2, 0.25) is 23.4 Å². The number of anilines is 1. The average molecular weight is 1210 g/mol. The third-order valence-corrected chi connectivity index (χ3v) is 19.4. The van der Waals surface area contributed by atoms with E-state index in [1.54, 1.807) is 26.3 Å². The maximum Gasteiger partial charge on any atom is 0.244 e. The number of phenols is 2. The van der Waals surface area contributed by atoms with E-state index in [1.807, 2.05) is 80.2 Å². The summed E-state index contributed by atoms with van der Waals surface area (Å²) < 4.78 is 25.0. The van der Waals surface area contributed by atoms with Gasteiger partial charge in [-0.15, -0.1) is 0 Å². The summed E-state index contributed by atoms with van der Waals surface area (Å²) in [4.78, 5) is 93.2. The Labute approximate surface area is 509 Å². The Kier molecular flexibility index (Phi) is 17.4. The number of ether oxygens (including phenoxy) is 4. The summed E-state index contributed by atoms with van der Waals surface area (Å²) in [6, 6.07) is 12.6. The first-order chi connectivity index (χ1) is 41.6. The van der Waals surface area contributed by atoms with Crippen LogP contribution in [-0.4, -0.2) is 180 Å². The van der Waals surface area contributed by atoms with Gasteiger partial charge in [0.05, 0.1) is 70.3 Å². The number of nitrogens with zero attached hydrogens (tertiary/aromatic N) is 7. The molecule has 0 aromatic heterocycles. The summed E-state index contributed by atoms with van der Waals surface area (Å²) in [5, 5.41) is 49.9. The lowest BCUT2D eigenvalue weighted by Gasteiger charge is -2.60. The number of ketones is 4. The molecule has 4 bridgehead atoms. The monoisotopic (exact) mass is 1200 g/mol. The van der Waals surface area contributed by atoms with Crippen molar-refractivity contribution in [3.8, 4) is 35.1 Å². The topological polar surface area (TPSA) is 289 Å². The molecular formula is C64H72N10O12S. The molecule has 22 nitrogen and oxygen atoms in total. The van der Waals surface area contributed by atoms with Crippen LogP contribution in [0.25, 0.3) is 0 Å². The highest BCUT2D eigenvalue weighted by atomic mass is 32.2. The molecule has 0 radical (unpaired) electrons. The SMILES string of the molecule is COC1=C(C)C(=O)C2=C(C1=O)C(CNC(=O)C(C)N=CSNc1ccccc1)N1C(C2)[C@H]2c3c(cc(C)c(OC)c3O)C[C@@H]([C@@H]1C#N)N2C.COC1=C(C)C(=O)C2=C(C1=O)C(CNC(C)=O)N1C(C2)[C@H]2c3c(cc(C)c(OC)c3O)C[C@@H]([C@@H]1C#N)N2C. The number of methoxy groups -OCH3 is 4. The predicted octanol–water partition coefficient (Wildman–Crippen LogP) is 5.08. The molecule has 6 aliphatic heterocycles. The molecule has 456 valence electrons. The summed E-state index contributed by atoms with van der Waals surface area (Å²) in [6.45, 7) is 9.96. The molecule has 0 saturated carbocycles. The van der Waals surface area contributed by atoms with E-state index in [2.05, 4.69) is 42.3 Å². The molecular weight excluding hydrogens is 1130 g/mol. The summed E-state index contributed by atoms with van der Waals surface area (Å²) in [5.74, 6) is -1.26. The van der Waals surface area contributed by atoms with Gasteiger partial charge in [-0.2, -0.15) is 10.5 Å². The Morgan fingerprint density at radius 3 is 1.52 bits per heavy atom. The molecule has 5 N–H and O–H groups in total. The number of piperazine rings is 2. The zero-order valence-corrected chi connectivity index (χ0v) is 51.5. The fraction of sp³-hybridized carbons (Fsp3) is 0.453. The minimum absolute atomic E-state index is 0.00828. The number of allylic oxidation sites excluding steroid dienone is 4. The van der Waals surface area contributed by atoms with Gasteiger partial charge in [-0.25, -0.2) is 0 Å². The number of Topliss-reactive ketones (excluding diaryl/α,β-unsaturated/α-hetero) is 4. The van der Waals surface area contributed by atoms with E-state index in [9.17, 15) is 49.5 Å². The predicted molar refractivity (Wildman–Crippen MR) is 322 cm³/mol. The number of rotatable bonds is 13. The van der Waals surface area contributed by atoms with Crippen molar-refractivity contribution in [1.82, 2.24) is 30.2 Å². The van der Waals surface area contributed by atoms with E-state index in [-0.39, 0.29) is 113 Å². The number of aromatic hydroxyl groups is 2. The van der Waals surface area contributed by atoms with Crippen LogP contribution >= 0.6 is 11.9 Å². The molecule has 87 heavy (non-hydrogen) atoms. The number of nitrogens with one attached hydrogen (secondary N) is 3. The zero-order valence-electron chi connectivity index (χ0n) is 50.7. The van der Waals surface area contributed by atoms with Crippen LogP contribution in [0.3, 0.4) is 0 Å². The third-order valence-electron chi connectivity index (χ3n) is 18.8. The van der Waals surface area contributed by atoms with Gasteiger partial charge in [0.15, 0.2) is 46.1 Å². The number of nitriles is 2. The Morgan fingerprint density at radius 2 is 1.11 bits per heavy atom. The van der Waals surface area contributed by atoms with Crippen LogP contribution in [0.15, 0.2) is 92.4 Å². The van der Waals surface area contributed by atoms with Gasteiger partial charge in [0.25, 0.3) is 0 Å². The second kappa shape index (κ2) is 24.4. The number of amides is 2. The van der Waals surface area contributed by atoms with Crippen molar-refractivity contribution in [2.24, 2.45) is 4.99 Å². The molecule has 11 rings (SSSR count). The lowest BCUT2D eigenvalue weighted by atomic mass is 9.69. The second-order valence-corrected chi connectivity index (χ2v) is 23.9. The molecule has 2 aliphatic carbocycles. The number of para-hydroxylation sites is 1. The molecule has 2 amide bonds. The Bertz CT molecular complexity index is 3680. The molecule has 0 spiro atoms. The zero-order chi connectivity index (χ0) is 62.8. The molecule has 3 aromatic carbocycles. The lowest BCUT2D eigenvalue weighted by molar-refractivity contribution is -0.125. The van der Waals surface area contributed by atoms with Crippen LogP contribution in [0.1, 0.15) is 86.0 Å². The summed E-state index contributed by atoms with van der Waals surface area (Å²) in [5.41, 5.74) is 8.97. The standard InChI is InChI=1S/C36H40N6O6S.C28H32N4O6/c1-18-12-21-13-24-26(15-37)42-25(30(41(24)4)28(21)32(44)34(18)47-5)14-23-29(33(45)35(48-6)19(2)31(23)43)27(42)16-38-36(46)20(3)39-17-49-40-22-10-8-7-9-11-22;1-12-7-15-8-17-19(10-29)32-18(23(31(17)4)21(15)25(35)27(12)37-5)9-16-22(20(32)11-30-14(3)33)26(36)28(38-6)13(2)24(16)34/h7-12,17,20,24-27,30,40,44H,13-14,16H2,1-6H3,(H,38,46);7,17-20,23,35H,8-9,11H2,1-6H3,(H,30,33)/t20?,24-,25?,26-,27?,30-;17-,18?,19-,20?,23-/m00/s1. The number of fused-ring (bicyclic) bond motifs is 12. The van der Waals surface area contributed by atoms with E-state index in [0.29, 0.717) is 46.6 Å². The quantitative estimate of drug-likeness (QED) is 0.0645. The smallest absolute Gasteiger partial charge is 0.244 e. The van der Waals surface area contributed by atoms with Gasteiger partial charge in [0, 0.05) is 94.4 Å². The van der Waals surface area contributed by atoms with Gasteiger partial charge in [-0.05, 0) is 121 Å². The molecule has 5 unspecified atom stereocenters. The number of aliphatic imine (C=N–C) groups is 1. The van der Waals surface area contributed by atoms with Gasteiger partial charge in [-0.3, -0.25) is 53.4 Å². The number of hydrogen-bond acceptors (Lipinski definition) is 21. The van der Waals surface area contributed by atoms with Crippen LogP contribution in [0, 0.1) is 36.5 Å². The number of phenolic OH excluding ortho intramolecular Hbond substituents is 2. The first kappa shape index (κ1) is 61.8. The van der Waals surface area contributed by atoms with Crippen LogP contribution in [-0.2, 0) is 51.1 Å². The van der Waals surface area contributed by atoms with Crippen LogP contribution < -0.4 is 24.8 Å². The maximum absolute atomic E-state index is 14.1. The molecule has 2 saturated heterocycles. The van der Waals surface area contributed by atoms with Crippen LogP contribution in [0.4, 0.5) is 5.69 Å². The molecule has 11 atom stereocenters. The van der Waals surface area contributed by atoms with Crippen molar-refractivity contribution < 1.29 is 57.9 Å². The van der Waals surface area contributed by atoms with Gasteiger partial charge >= 0.3 is 0 Å². The Balaban J connectivity index is 0.000000199. The molecule has 6 heterocycles. The van der Waals surface area contributed by atoms with E-state index in [1.165, 1.54) is 47.3 Å². The third kappa shape index (κ3) is 10.2. The minimum Gasteiger partial charge on any atom is -0.504 e. The lowest BCUT2D eigenvalue weighted by Crippen LogP contribution is -2.71. The number of benzene rings is 3. The van der Waals surface area contributed by atoms with Crippen LogP contribution in [0.5, 0.6) is 23.0 Å². The number of aryl methyl sites for hydroxylation is 2. The summed E-state index contributed by atoms with van der Waals surface area (Å²) in [7, 11) is 9.60.